The quantitative estimate of drug-likeness (QED) is 0.701. The Bertz CT molecular complexity index is 412. The molecule has 2 rings (SSSR count). The van der Waals surface area contributed by atoms with Crippen molar-refractivity contribution in [3.05, 3.63) is 36.0 Å². The Kier molecular flexibility index (Phi) is 4.63. The number of fused-ring (bicyclic) bond motifs is 1. The van der Waals surface area contributed by atoms with Crippen LogP contribution < -0.4 is 5.73 Å². The molecule has 1 aromatic heterocycles. The zero-order chi connectivity index (χ0) is 11.9. The van der Waals surface area contributed by atoms with E-state index in [2.05, 4.69) is 35.3 Å². The van der Waals surface area contributed by atoms with Gasteiger partial charge in [0.25, 0.3) is 0 Å². The number of nitrogens with two attached hydrogens (primary N) is 1. The van der Waals surface area contributed by atoms with E-state index < -0.39 is 0 Å². The van der Waals surface area contributed by atoms with Crippen LogP contribution in [0.3, 0.4) is 0 Å². The number of hydrogen-bond donors (Lipinski definition) is 2. The van der Waals surface area contributed by atoms with Gasteiger partial charge in [-0.25, -0.2) is 0 Å². The first-order chi connectivity index (χ1) is 8.40. The molecule has 2 aromatic rings. The molecule has 0 bridgehead atoms. The van der Waals surface area contributed by atoms with Crippen LogP contribution in [0.15, 0.2) is 30.3 Å². The molecule has 0 saturated heterocycles. The number of H-pyrrole nitrogens is 1. The molecule has 0 aliphatic heterocycles. The lowest BCUT2D eigenvalue weighted by Gasteiger charge is -1.99. The monoisotopic (exact) mass is 230 g/mol. The predicted molar refractivity (Wildman–Crippen MR) is 74.1 cm³/mol. The number of rotatable bonds is 7. The lowest BCUT2D eigenvalue weighted by Crippen LogP contribution is -1.97. The van der Waals surface area contributed by atoms with E-state index in [1.165, 1.54) is 48.7 Å². The van der Waals surface area contributed by atoms with Gasteiger partial charge in [-0.1, -0.05) is 37.5 Å². The Labute approximate surface area is 103 Å². The maximum absolute atomic E-state index is 5.47. The van der Waals surface area contributed by atoms with E-state index >= 15 is 0 Å². The molecular formula is C15H22N2. The topological polar surface area (TPSA) is 41.8 Å². The Balaban J connectivity index is 1.75. The Morgan fingerprint density at radius 1 is 0.941 bits per heavy atom. The van der Waals surface area contributed by atoms with Crippen LogP contribution in [-0.4, -0.2) is 11.5 Å². The molecule has 17 heavy (non-hydrogen) atoms. The summed E-state index contributed by atoms with van der Waals surface area (Å²) in [6, 6.07) is 10.7. The van der Waals surface area contributed by atoms with E-state index in [4.69, 9.17) is 5.73 Å². The molecule has 0 amide bonds. The zero-order valence-electron chi connectivity index (χ0n) is 10.4. The summed E-state index contributed by atoms with van der Waals surface area (Å²) < 4.78 is 0. The SMILES string of the molecule is NCCCCCCCc1cc2ccccc2[nH]1. The van der Waals surface area contributed by atoms with Crippen molar-refractivity contribution in [2.75, 3.05) is 6.54 Å². The van der Waals surface area contributed by atoms with E-state index in [1.54, 1.807) is 0 Å². The normalized spacial score (nSPS) is 11.1. The highest BCUT2D eigenvalue weighted by Crippen LogP contribution is 2.16. The molecule has 0 fully saturated rings. The fourth-order valence-electron chi connectivity index (χ4n) is 2.26. The minimum Gasteiger partial charge on any atom is -0.358 e. The molecule has 0 spiro atoms. The number of unbranched alkanes of at least 4 members (excludes halogenated alkanes) is 4. The number of hydrogen-bond acceptors (Lipinski definition) is 1. The zero-order valence-corrected chi connectivity index (χ0v) is 10.4. The maximum atomic E-state index is 5.47. The van der Waals surface area contributed by atoms with Gasteiger partial charge in [-0.3, -0.25) is 0 Å². The number of aromatic amines is 1. The highest BCUT2D eigenvalue weighted by Gasteiger charge is 1.99. The largest absolute Gasteiger partial charge is 0.358 e. The molecular weight excluding hydrogens is 208 g/mol. The predicted octanol–water partition coefficient (Wildman–Crippen LogP) is 3.62. The van der Waals surface area contributed by atoms with Crippen molar-refractivity contribution in [1.29, 1.82) is 0 Å². The fourth-order valence-corrected chi connectivity index (χ4v) is 2.26. The Hall–Kier alpha value is -1.28. The molecule has 2 nitrogen and oxygen atoms in total. The molecule has 0 atom stereocenters. The van der Waals surface area contributed by atoms with Crippen LogP contribution in [-0.2, 0) is 6.42 Å². The molecule has 2 heteroatoms. The summed E-state index contributed by atoms with van der Waals surface area (Å²) in [6.07, 6.45) is 7.52. The van der Waals surface area contributed by atoms with Gasteiger partial charge < -0.3 is 10.7 Å². The Morgan fingerprint density at radius 3 is 2.53 bits per heavy atom. The molecule has 3 N–H and O–H groups in total. The first kappa shape index (κ1) is 12.2. The number of aryl methyl sites for hydroxylation is 1. The minimum absolute atomic E-state index is 0.835. The third-order valence-corrected chi connectivity index (χ3v) is 3.24. The number of aromatic nitrogens is 1. The van der Waals surface area contributed by atoms with Crippen molar-refractivity contribution in [3.63, 3.8) is 0 Å². The van der Waals surface area contributed by atoms with Gasteiger partial charge >= 0.3 is 0 Å². The number of para-hydroxylation sites is 1. The van der Waals surface area contributed by atoms with Crippen LogP contribution in [0.4, 0.5) is 0 Å². The second-order valence-corrected chi connectivity index (χ2v) is 4.69. The van der Waals surface area contributed by atoms with Crippen LogP contribution in [0.1, 0.15) is 37.8 Å². The van der Waals surface area contributed by atoms with Gasteiger partial charge in [0.15, 0.2) is 0 Å². The lowest BCUT2D eigenvalue weighted by atomic mass is 10.1. The van der Waals surface area contributed by atoms with Gasteiger partial charge in [0.2, 0.25) is 0 Å². The molecule has 0 saturated carbocycles. The standard InChI is InChI=1S/C15H22N2/c16-11-7-3-1-2-4-9-14-12-13-8-5-6-10-15(13)17-14/h5-6,8,10,12,17H,1-4,7,9,11,16H2. The van der Waals surface area contributed by atoms with Gasteiger partial charge in [0, 0.05) is 11.2 Å². The van der Waals surface area contributed by atoms with Crippen LogP contribution in [0.5, 0.6) is 0 Å². The smallest absolute Gasteiger partial charge is 0.0456 e. The molecule has 1 heterocycles. The first-order valence-corrected chi connectivity index (χ1v) is 6.67. The van der Waals surface area contributed by atoms with E-state index in [9.17, 15) is 0 Å². The van der Waals surface area contributed by atoms with Gasteiger partial charge in [0.05, 0.1) is 0 Å². The summed E-state index contributed by atoms with van der Waals surface area (Å²) in [5, 5.41) is 1.32. The summed E-state index contributed by atoms with van der Waals surface area (Å²) in [4.78, 5) is 3.48. The van der Waals surface area contributed by atoms with Crippen molar-refractivity contribution < 1.29 is 0 Å². The second-order valence-electron chi connectivity index (χ2n) is 4.69. The van der Waals surface area contributed by atoms with Crippen molar-refractivity contribution in [1.82, 2.24) is 4.98 Å². The summed E-state index contributed by atoms with van der Waals surface area (Å²) in [5.41, 5.74) is 8.09. The van der Waals surface area contributed by atoms with E-state index in [1.807, 2.05) is 0 Å². The molecule has 1 aromatic carbocycles. The van der Waals surface area contributed by atoms with Crippen LogP contribution >= 0.6 is 0 Å². The maximum Gasteiger partial charge on any atom is 0.0456 e. The third kappa shape index (κ3) is 3.60. The second kappa shape index (κ2) is 6.45. The molecule has 0 aliphatic rings. The van der Waals surface area contributed by atoms with E-state index in [0.29, 0.717) is 0 Å². The van der Waals surface area contributed by atoms with Gasteiger partial charge in [0.1, 0.15) is 0 Å². The summed E-state index contributed by atoms with van der Waals surface area (Å²) in [5.74, 6) is 0. The van der Waals surface area contributed by atoms with Crippen molar-refractivity contribution in [2.45, 2.75) is 38.5 Å². The molecule has 0 radical (unpaired) electrons. The summed E-state index contributed by atoms with van der Waals surface area (Å²) in [7, 11) is 0. The van der Waals surface area contributed by atoms with Crippen molar-refractivity contribution >= 4 is 10.9 Å². The van der Waals surface area contributed by atoms with Crippen LogP contribution in [0.25, 0.3) is 10.9 Å². The van der Waals surface area contributed by atoms with Gasteiger partial charge in [-0.15, -0.1) is 0 Å². The molecule has 0 unspecified atom stereocenters. The molecule has 0 aliphatic carbocycles. The highest BCUT2D eigenvalue weighted by molar-refractivity contribution is 5.80. The molecule has 92 valence electrons. The average molecular weight is 230 g/mol. The van der Waals surface area contributed by atoms with Gasteiger partial charge in [-0.2, -0.15) is 0 Å². The summed E-state index contributed by atoms with van der Waals surface area (Å²) >= 11 is 0. The van der Waals surface area contributed by atoms with Crippen molar-refractivity contribution in [3.8, 4) is 0 Å². The number of benzene rings is 1. The van der Waals surface area contributed by atoms with Crippen LogP contribution in [0, 0.1) is 0 Å². The third-order valence-electron chi connectivity index (χ3n) is 3.24. The van der Waals surface area contributed by atoms with Gasteiger partial charge in [-0.05, 0) is 43.3 Å². The van der Waals surface area contributed by atoms with Crippen molar-refractivity contribution in [2.24, 2.45) is 5.73 Å². The van der Waals surface area contributed by atoms with E-state index in [-0.39, 0.29) is 0 Å². The van der Waals surface area contributed by atoms with Crippen LogP contribution in [0.2, 0.25) is 0 Å². The first-order valence-electron chi connectivity index (χ1n) is 6.67. The fraction of sp³-hybridized carbons (Fsp3) is 0.467. The highest BCUT2D eigenvalue weighted by atomic mass is 14.7. The lowest BCUT2D eigenvalue weighted by molar-refractivity contribution is 0.616. The van der Waals surface area contributed by atoms with E-state index in [0.717, 1.165) is 13.0 Å². The average Bonchev–Trinajstić information content (AvgIpc) is 2.76. The minimum atomic E-state index is 0.835. The summed E-state index contributed by atoms with van der Waals surface area (Å²) in [6.45, 7) is 0.835. The Morgan fingerprint density at radius 2 is 1.71 bits per heavy atom. The number of nitrogens with one attached hydrogen (secondary N) is 1.